The van der Waals surface area contributed by atoms with Crippen LogP contribution < -0.4 is 16.1 Å². The van der Waals surface area contributed by atoms with Crippen LogP contribution in [0.4, 0.5) is 4.79 Å². The third-order valence-corrected chi connectivity index (χ3v) is 2.16. The van der Waals surface area contributed by atoms with Gasteiger partial charge in [-0.25, -0.2) is 9.59 Å². The molecule has 0 rings (SSSR count). The Labute approximate surface area is 141 Å². The SMILES string of the molecule is CCOC(=O)/C(=N/NCCO)NC(=O)CCNC(=O)OC(C)(C)C. The van der Waals surface area contributed by atoms with Gasteiger partial charge in [0.2, 0.25) is 11.7 Å². The van der Waals surface area contributed by atoms with Gasteiger partial charge in [-0.2, -0.15) is 5.10 Å². The van der Waals surface area contributed by atoms with Gasteiger partial charge in [0.1, 0.15) is 5.60 Å². The van der Waals surface area contributed by atoms with Crippen molar-refractivity contribution in [1.82, 2.24) is 16.1 Å². The largest absolute Gasteiger partial charge is 0.460 e. The maximum absolute atomic E-state index is 11.8. The van der Waals surface area contributed by atoms with Gasteiger partial charge in [0.15, 0.2) is 0 Å². The summed E-state index contributed by atoms with van der Waals surface area (Å²) in [6, 6.07) is 0. The van der Waals surface area contributed by atoms with Gasteiger partial charge >= 0.3 is 12.1 Å². The Kier molecular flexibility index (Phi) is 10.1. The Hall–Kier alpha value is -2.36. The molecule has 4 N–H and O–H groups in total. The molecule has 0 aromatic rings. The number of ether oxygens (including phenoxy) is 2. The maximum atomic E-state index is 11.8. The van der Waals surface area contributed by atoms with Gasteiger partial charge in [0, 0.05) is 13.0 Å². The Bertz CT molecular complexity index is 459. The van der Waals surface area contributed by atoms with Gasteiger partial charge in [-0.3, -0.25) is 4.79 Å². The zero-order valence-corrected chi connectivity index (χ0v) is 14.5. The van der Waals surface area contributed by atoms with E-state index in [1.54, 1.807) is 27.7 Å². The zero-order chi connectivity index (χ0) is 18.6. The summed E-state index contributed by atoms with van der Waals surface area (Å²) >= 11 is 0. The number of hydrazone groups is 1. The first-order chi connectivity index (χ1) is 11.2. The van der Waals surface area contributed by atoms with Gasteiger partial charge in [-0.1, -0.05) is 0 Å². The number of nitrogens with one attached hydrogen (secondary N) is 3. The summed E-state index contributed by atoms with van der Waals surface area (Å²) in [7, 11) is 0. The summed E-state index contributed by atoms with van der Waals surface area (Å²) in [6.07, 6.45) is -0.725. The van der Waals surface area contributed by atoms with E-state index in [2.05, 4.69) is 21.2 Å². The number of carbonyl (C=O) groups excluding carboxylic acids is 3. The van der Waals surface area contributed by atoms with Crippen molar-refractivity contribution in [3.8, 4) is 0 Å². The van der Waals surface area contributed by atoms with Crippen molar-refractivity contribution in [3.63, 3.8) is 0 Å². The van der Waals surface area contributed by atoms with Gasteiger partial charge < -0.3 is 30.6 Å². The number of aliphatic hydroxyl groups excluding tert-OH is 1. The van der Waals surface area contributed by atoms with Crippen LogP contribution in [0.15, 0.2) is 5.10 Å². The average Bonchev–Trinajstić information content (AvgIpc) is 2.44. The fourth-order valence-corrected chi connectivity index (χ4v) is 1.30. The number of nitrogens with zero attached hydrogens (tertiary/aromatic N) is 1. The maximum Gasteiger partial charge on any atom is 0.407 e. The van der Waals surface area contributed by atoms with E-state index < -0.39 is 23.6 Å². The van der Waals surface area contributed by atoms with E-state index in [0.29, 0.717) is 0 Å². The number of rotatable bonds is 7. The molecule has 0 radical (unpaired) electrons. The average molecular weight is 346 g/mol. The third-order valence-electron chi connectivity index (χ3n) is 2.16. The van der Waals surface area contributed by atoms with Crippen LogP contribution >= 0.6 is 0 Å². The molecular weight excluding hydrogens is 320 g/mol. The van der Waals surface area contributed by atoms with Crippen LogP contribution in [0.25, 0.3) is 0 Å². The van der Waals surface area contributed by atoms with E-state index in [1.165, 1.54) is 0 Å². The van der Waals surface area contributed by atoms with Crippen LogP contribution in [0, 0.1) is 0 Å². The second-order valence-corrected chi connectivity index (χ2v) is 5.54. The molecule has 138 valence electrons. The van der Waals surface area contributed by atoms with Crippen molar-refractivity contribution in [3.05, 3.63) is 0 Å². The molecule has 0 aliphatic heterocycles. The summed E-state index contributed by atoms with van der Waals surface area (Å²) in [5.74, 6) is -1.67. The predicted molar refractivity (Wildman–Crippen MR) is 86.2 cm³/mol. The third kappa shape index (κ3) is 11.2. The minimum atomic E-state index is -0.809. The van der Waals surface area contributed by atoms with E-state index in [1.807, 2.05) is 0 Å². The van der Waals surface area contributed by atoms with Gasteiger partial charge in [-0.05, 0) is 27.7 Å². The molecule has 0 fully saturated rings. The Morgan fingerprint density at radius 1 is 1.17 bits per heavy atom. The smallest absolute Gasteiger partial charge is 0.407 e. The second-order valence-electron chi connectivity index (χ2n) is 5.54. The van der Waals surface area contributed by atoms with E-state index >= 15 is 0 Å². The Morgan fingerprint density at radius 3 is 2.38 bits per heavy atom. The number of amidine groups is 1. The second kappa shape index (κ2) is 11.2. The summed E-state index contributed by atoms with van der Waals surface area (Å²) in [4.78, 5) is 34.9. The standard InChI is InChI=1S/C14H26N4O6/c1-5-23-12(21)11(18-16-8-9-19)17-10(20)6-7-15-13(22)24-14(2,3)4/h16,19H,5-9H2,1-4H3,(H,15,22)(H,17,18,20). The van der Waals surface area contributed by atoms with E-state index in [4.69, 9.17) is 14.6 Å². The minimum absolute atomic E-state index is 0.0287. The molecule has 0 heterocycles. The first-order valence-electron chi connectivity index (χ1n) is 7.54. The Morgan fingerprint density at radius 2 is 1.83 bits per heavy atom. The highest BCUT2D eigenvalue weighted by molar-refractivity contribution is 6.38. The molecule has 0 spiro atoms. The lowest BCUT2D eigenvalue weighted by atomic mass is 10.2. The zero-order valence-electron chi connectivity index (χ0n) is 14.5. The summed E-state index contributed by atoms with van der Waals surface area (Å²) in [6.45, 7) is 6.85. The van der Waals surface area contributed by atoms with Crippen molar-refractivity contribution in [2.45, 2.75) is 39.7 Å². The van der Waals surface area contributed by atoms with Crippen LogP contribution in [0.3, 0.4) is 0 Å². The number of hydrogen-bond donors (Lipinski definition) is 4. The predicted octanol–water partition coefficient (Wildman–Crippen LogP) is -0.524. The quantitative estimate of drug-likeness (QED) is 0.160. The molecule has 10 heteroatoms. The molecule has 0 aromatic carbocycles. The van der Waals surface area contributed by atoms with Crippen LogP contribution in [0.2, 0.25) is 0 Å². The van der Waals surface area contributed by atoms with E-state index in [9.17, 15) is 14.4 Å². The van der Waals surface area contributed by atoms with Gasteiger partial charge in [-0.15, -0.1) is 0 Å². The lowest BCUT2D eigenvalue weighted by Gasteiger charge is -2.19. The molecule has 24 heavy (non-hydrogen) atoms. The van der Waals surface area contributed by atoms with Crippen LogP contribution in [0.1, 0.15) is 34.1 Å². The van der Waals surface area contributed by atoms with Crippen molar-refractivity contribution in [2.24, 2.45) is 5.10 Å². The summed E-state index contributed by atoms with van der Waals surface area (Å²) in [5, 5.41) is 17.0. The molecular formula is C14H26N4O6. The number of hydrogen-bond acceptors (Lipinski definition) is 8. The molecule has 0 atom stereocenters. The molecule has 0 aliphatic carbocycles. The van der Waals surface area contributed by atoms with Crippen LogP contribution in [0.5, 0.6) is 0 Å². The highest BCUT2D eigenvalue weighted by atomic mass is 16.6. The van der Waals surface area contributed by atoms with Crippen LogP contribution in [-0.4, -0.2) is 60.8 Å². The van der Waals surface area contributed by atoms with E-state index in [0.717, 1.165) is 0 Å². The van der Waals surface area contributed by atoms with E-state index in [-0.39, 0.29) is 38.6 Å². The first-order valence-corrected chi connectivity index (χ1v) is 7.54. The minimum Gasteiger partial charge on any atom is -0.460 e. The number of carbonyl (C=O) groups is 3. The highest BCUT2D eigenvalue weighted by Gasteiger charge is 2.18. The van der Waals surface area contributed by atoms with Gasteiger partial charge in [0.05, 0.1) is 19.8 Å². The fourth-order valence-electron chi connectivity index (χ4n) is 1.30. The van der Waals surface area contributed by atoms with Crippen molar-refractivity contribution >= 4 is 23.8 Å². The number of esters is 1. The molecule has 0 aromatic heterocycles. The fraction of sp³-hybridized carbons (Fsp3) is 0.714. The van der Waals surface area contributed by atoms with Gasteiger partial charge in [0.25, 0.3) is 0 Å². The van der Waals surface area contributed by atoms with Crippen LogP contribution in [-0.2, 0) is 19.1 Å². The molecule has 10 nitrogen and oxygen atoms in total. The first kappa shape index (κ1) is 21.6. The summed E-state index contributed by atoms with van der Waals surface area (Å²) < 4.78 is 9.78. The molecule has 2 amide bonds. The van der Waals surface area contributed by atoms with Crippen molar-refractivity contribution in [1.29, 1.82) is 0 Å². The molecule has 0 saturated carbocycles. The lowest BCUT2D eigenvalue weighted by molar-refractivity contribution is -0.136. The number of alkyl carbamates (subject to hydrolysis) is 1. The Balaban J connectivity index is 4.38. The molecule has 0 aliphatic rings. The topological polar surface area (TPSA) is 138 Å². The number of aliphatic hydroxyl groups is 1. The number of amides is 2. The highest BCUT2D eigenvalue weighted by Crippen LogP contribution is 2.06. The van der Waals surface area contributed by atoms with Crippen molar-refractivity contribution < 1.29 is 29.0 Å². The molecule has 0 bridgehead atoms. The normalized spacial score (nSPS) is 11.5. The molecule has 0 saturated heterocycles. The van der Waals surface area contributed by atoms with Crippen molar-refractivity contribution in [2.75, 3.05) is 26.3 Å². The monoisotopic (exact) mass is 346 g/mol. The molecule has 0 unspecified atom stereocenters. The summed E-state index contributed by atoms with van der Waals surface area (Å²) in [5.41, 5.74) is 1.78. The lowest BCUT2D eigenvalue weighted by Crippen LogP contribution is -2.41.